The monoisotopic (exact) mass is 285 g/mol. The summed E-state index contributed by atoms with van der Waals surface area (Å²) in [5, 5.41) is 0. The van der Waals surface area contributed by atoms with Crippen LogP contribution in [0, 0.1) is 0 Å². The van der Waals surface area contributed by atoms with Crippen LogP contribution in [-0.2, 0) is 6.54 Å². The minimum atomic E-state index is -0.505. The zero-order chi connectivity index (χ0) is 15.0. The third-order valence-corrected chi connectivity index (χ3v) is 3.61. The van der Waals surface area contributed by atoms with E-state index in [2.05, 4.69) is 0 Å². The van der Waals surface area contributed by atoms with Crippen molar-refractivity contribution in [3.05, 3.63) is 68.5 Å². The summed E-state index contributed by atoms with van der Waals surface area (Å²) in [5.41, 5.74) is 5.73. The van der Waals surface area contributed by atoms with Gasteiger partial charge in [0.05, 0.1) is 6.54 Å². The quantitative estimate of drug-likeness (QED) is 0.887. The van der Waals surface area contributed by atoms with E-state index in [1.807, 2.05) is 0 Å². The van der Waals surface area contributed by atoms with Crippen molar-refractivity contribution >= 4 is 5.91 Å². The van der Waals surface area contributed by atoms with Gasteiger partial charge in [-0.05, 0) is 30.5 Å². The Morgan fingerprint density at radius 1 is 1.14 bits per heavy atom. The smallest absolute Gasteiger partial charge is 0.331 e. The molecule has 21 heavy (non-hydrogen) atoms. The van der Waals surface area contributed by atoms with Crippen LogP contribution in [0.4, 0.5) is 0 Å². The summed E-state index contributed by atoms with van der Waals surface area (Å²) in [6.45, 7) is 0.185. The van der Waals surface area contributed by atoms with E-state index in [1.54, 1.807) is 35.0 Å². The first-order chi connectivity index (χ1) is 10.1. The molecule has 2 N–H and O–H groups in total. The molecule has 108 valence electrons. The number of primary amides is 1. The molecule has 2 aromatic rings. The number of rotatable bonds is 4. The second-order valence-corrected chi connectivity index (χ2v) is 5.22. The highest BCUT2D eigenvalue weighted by Gasteiger charge is 2.25. The molecule has 1 heterocycles. The van der Waals surface area contributed by atoms with E-state index in [9.17, 15) is 14.4 Å². The van der Waals surface area contributed by atoms with Crippen molar-refractivity contribution in [3.63, 3.8) is 0 Å². The predicted molar refractivity (Wildman–Crippen MR) is 77.3 cm³/mol. The van der Waals surface area contributed by atoms with Crippen molar-refractivity contribution in [3.8, 4) is 0 Å². The fourth-order valence-corrected chi connectivity index (χ4v) is 2.26. The summed E-state index contributed by atoms with van der Waals surface area (Å²) in [5.74, 6) is -0.505. The third kappa shape index (κ3) is 2.65. The number of hydrogen-bond donors (Lipinski definition) is 1. The van der Waals surface area contributed by atoms with Crippen LogP contribution >= 0.6 is 0 Å². The first kappa shape index (κ1) is 13.4. The maximum Gasteiger partial charge on any atom is 0.331 e. The van der Waals surface area contributed by atoms with Gasteiger partial charge < -0.3 is 5.73 Å². The normalized spacial score (nSPS) is 14.1. The molecule has 1 saturated carbocycles. The van der Waals surface area contributed by atoms with E-state index in [1.165, 1.54) is 10.6 Å². The summed E-state index contributed by atoms with van der Waals surface area (Å²) in [6, 6.07) is 8.20. The predicted octanol–water partition coefficient (Wildman–Crippen LogP) is 0.492. The average Bonchev–Trinajstić information content (AvgIpc) is 3.28. The Labute approximate surface area is 120 Å². The van der Waals surface area contributed by atoms with Gasteiger partial charge in [0.25, 0.3) is 5.56 Å². The zero-order valence-corrected chi connectivity index (χ0v) is 11.4. The van der Waals surface area contributed by atoms with Crippen LogP contribution in [0.5, 0.6) is 0 Å². The van der Waals surface area contributed by atoms with Crippen molar-refractivity contribution < 1.29 is 4.79 Å². The van der Waals surface area contributed by atoms with Gasteiger partial charge in [0.2, 0.25) is 5.91 Å². The Morgan fingerprint density at radius 2 is 1.81 bits per heavy atom. The zero-order valence-electron chi connectivity index (χ0n) is 11.4. The molecule has 6 nitrogen and oxygen atoms in total. The van der Waals surface area contributed by atoms with Gasteiger partial charge in [-0.2, -0.15) is 0 Å². The fraction of sp³-hybridized carbons (Fsp3) is 0.267. The fourth-order valence-electron chi connectivity index (χ4n) is 2.26. The summed E-state index contributed by atoms with van der Waals surface area (Å²) in [4.78, 5) is 35.2. The van der Waals surface area contributed by atoms with E-state index < -0.39 is 5.91 Å². The molecule has 1 aliphatic rings. The van der Waals surface area contributed by atoms with Crippen LogP contribution in [0.15, 0.2) is 46.1 Å². The van der Waals surface area contributed by atoms with Crippen molar-refractivity contribution in [2.75, 3.05) is 0 Å². The molecule has 0 spiro atoms. The Balaban J connectivity index is 1.94. The second-order valence-electron chi connectivity index (χ2n) is 5.22. The molecular weight excluding hydrogens is 270 g/mol. The van der Waals surface area contributed by atoms with Gasteiger partial charge >= 0.3 is 5.69 Å². The van der Waals surface area contributed by atoms with Gasteiger partial charge in [0.15, 0.2) is 0 Å². The lowest BCUT2D eigenvalue weighted by atomic mass is 10.1. The molecule has 1 aromatic heterocycles. The number of aromatic nitrogens is 2. The maximum absolute atomic E-state index is 12.3. The van der Waals surface area contributed by atoms with E-state index in [0.29, 0.717) is 5.56 Å². The van der Waals surface area contributed by atoms with Crippen LogP contribution in [0.25, 0.3) is 0 Å². The van der Waals surface area contributed by atoms with Gasteiger partial charge in [-0.3, -0.25) is 18.7 Å². The highest BCUT2D eigenvalue weighted by molar-refractivity contribution is 5.92. The third-order valence-electron chi connectivity index (χ3n) is 3.61. The maximum atomic E-state index is 12.3. The SMILES string of the molecule is NC(=O)c1ccc(Cn2c(=O)ccn(C3CC3)c2=O)cc1. The van der Waals surface area contributed by atoms with Crippen molar-refractivity contribution in [1.29, 1.82) is 0 Å². The lowest BCUT2D eigenvalue weighted by Crippen LogP contribution is -2.38. The first-order valence-electron chi connectivity index (χ1n) is 6.77. The number of hydrogen-bond acceptors (Lipinski definition) is 3. The lowest BCUT2D eigenvalue weighted by Gasteiger charge is -2.09. The molecule has 6 heteroatoms. The van der Waals surface area contributed by atoms with Crippen LogP contribution in [0.2, 0.25) is 0 Å². The lowest BCUT2D eigenvalue weighted by molar-refractivity contribution is 0.100. The standard InChI is InChI=1S/C15H15N3O3/c16-14(20)11-3-1-10(2-4-11)9-18-13(19)7-8-17(15(18)21)12-5-6-12/h1-4,7-8,12H,5-6,9H2,(H2,16,20). The second kappa shape index (κ2) is 5.05. The molecular formula is C15H15N3O3. The molecule has 0 radical (unpaired) electrons. The van der Waals surface area contributed by atoms with Gasteiger partial charge in [-0.25, -0.2) is 4.79 Å². The Kier molecular flexibility index (Phi) is 3.21. The highest BCUT2D eigenvalue weighted by Crippen LogP contribution is 2.32. The van der Waals surface area contributed by atoms with Gasteiger partial charge in [0, 0.05) is 23.9 Å². The first-order valence-corrected chi connectivity index (χ1v) is 6.77. The van der Waals surface area contributed by atoms with Gasteiger partial charge in [-0.1, -0.05) is 12.1 Å². The van der Waals surface area contributed by atoms with Crippen LogP contribution in [0.1, 0.15) is 34.8 Å². The van der Waals surface area contributed by atoms with Crippen molar-refractivity contribution in [2.24, 2.45) is 5.73 Å². The number of nitrogens with two attached hydrogens (primary N) is 1. The van der Waals surface area contributed by atoms with Crippen LogP contribution in [-0.4, -0.2) is 15.0 Å². The molecule has 1 aromatic carbocycles. The number of amides is 1. The Bertz CT molecular complexity index is 798. The van der Waals surface area contributed by atoms with Crippen molar-refractivity contribution in [1.82, 2.24) is 9.13 Å². The van der Waals surface area contributed by atoms with Crippen LogP contribution in [0.3, 0.4) is 0 Å². The highest BCUT2D eigenvalue weighted by atomic mass is 16.2. The van der Waals surface area contributed by atoms with Gasteiger partial charge in [0.1, 0.15) is 0 Å². The molecule has 1 aliphatic carbocycles. The summed E-state index contributed by atoms with van der Waals surface area (Å²) in [6.07, 6.45) is 3.52. The molecule has 1 amide bonds. The molecule has 0 saturated heterocycles. The van der Waals surface area contributed by atoms with E-state index in [4.69, 9.17) is 5.73 Å². The number of carbonyl (C=O) groups excluding carboxylic acids is 1. The minimum Gasteiger partial charge on any atom is -0.366 e. The van der Waals surface area contributed by atoms with Crippen LogP contribution < -0.4 is 17.0 Å². The molecule has 0 atom stereocenters. The summed E-state index contributed by atoms with van der Waals surface area (Å²) in [7, 11) is 0. The minimum absolute atomic E-state index is 0.185. The number of benzene rings is 1. The number of nitrogens with zero attached hydrogens (tertiary/aromatic N) is 2. The Morgan fingerprint density at radius 3 is 2.38 bits per heavy atom. The largest absolute Gasteiger partial charge is 0.366 e. The molecule has 0 bridgehead atoms. The van der Waals surface area contributed by atoms with E-state index in [0.717, 1.165) is 18.4 Å². The molecule has 1 fully saturated rings. The molecule has 0 aliphatic heterocycles. The summed E-state index contributed by atoms with van der Waals surface area (Å²) < 4.78 is 2.82. The van der Waals surface area contributed by atoms with E-state index >= 15 is 0 Å². The topological polar surface area (TPSA) is 87.1 Å². The van der Waals surface area contributed by atoms with Crippen molar-refractivity contribution in [2.45, 2.75) is 25.4 Å². The van der Waals surface area contributed by atoms with Gasteiger partial charge in [-0.15, -0.1) is 0 Å². The molecule has 3 rings (SSSR count). The molecule has 0 unspecified atom stereocenters. The average molecular weight is 285 g/mol. The van der Waals surface area contributed by atoms with E-state index in [-0.39, 0.29) is 23.8 Å². The Hall–Kier alpha value is -2.63. The summed E-state index contributed by atoms with van der Waals surface area (Å²) >= 11 is 0. The number of carbonyl (C=O) groups is 1.